The SMILES string of the molecule is CC(C)(C)OC(=O)NCCC[C@H](NCCNC(=O)OCC1c2ccccc2-c2ccccc21)C(=O)OC(C)(C)C. The topological polar surface area (TPSA) is 115 Å². The molecule has 0 aromatic heterocycles. The van der Waals surface area contributed by atoms with Crippen LogP contribution in [0.1, 0.15) is 71.4 Å². The predicted molar refractivity (Wildman–Crippen MR) is 154 cm³/mol. The van der Waals surface area contributed by atoms with Crippen LogP contribution in [0.4, 0.5) is 9.59 Å². The van der Waals surface area contributed by atoms with E-state index in [9.17, 15) is 14.4 Å². The minimum atomic E-state index is -0.634. The van der Waals surface area contributed by atoms with Crippen molar-refractivity contribution in [1.82, 2.24) is 16.0 Å². The Balaban J connectivity index is 1.44. The van der Waals surface area contributed by atoms with Gasteiger partial charge in [0, 0.05) is 25.6 Å². The second kappa shape index (κ2) is 13.7. The summed E-state index contributed by atoms with van der Waals surface area (Å²) in [6, 6.07) is 15.8. The number of rotatable bonds is 11. The molecule has 0 heterocycles. The van der Waals surface area contributed by atoms with Gasteiger partial charge in [-0.25, -0.2) is 9.59 Å². The molecule has 2 aromatic carbocycles. The highest BCUT2D eigenvalue weighted by atomic mass is 16.6. The maximum absolute atomic E-state index is 12.7. The number of hydrogen-bond donors (Lipinski definition) is 3. The molecule has 2 aromatic rings. The molecule has 2 amide bonds. The summed E-state index contributed by atoms with van der Waals surface area (Å²) in [6.45, 7) is 12.0. The smallest absolute Gasteiger partial charge is 0.407 e. The van der Waals surface area contributed by atoms with Crippen LogP contribution in [0.5, 0.6) is 0 Å². The minimum absolute atomic E-state index is 0.0119. The van der Waals surface area contributed by atoms with Gasteiger partial charge in [0.2, 0.25) is 0 Å². The van der Waals surface area contributed by atoms with Gasteiger partial charge < -0.3 is 30.2 Å². The molecule has 0 aliphatic heterocycles. The second-order valence-corrected chi connectivity index (χ2v) is 11.9. The molecule has 0 spiro atoms. The number of fused-ring (bicyclic) bond motifs is 3. The summed E-state index contributed by atoms with van der Waals surface area (Å²) in [7, 11) is 0. The summed E-state index contributed by atoms with van der Waals surface area (Å²) in [4.78, 5) is 37.1. The molecular weight excluding hydrogens is 510 g/mol. The fraction of sp³-hybridized carbons (Fsp3) is 0.516. The summed E-state index contributed by atoms with van der Waals surface area (Å²) in [6.07, 6.45) is -0.0355. The van der Waals surface area contributed by atoms with Gasteiger partial charge in [-0.1, -0.05) is 48.5 Å². The quantitative estimate of drug-likeness (QED) is 0.201. The van der Waals surface area contributed by atoms with Crippen LogP contribution in [-0.2, 0) is 19.0 Å². The Bertz CT molecular complexity index is 1120. The predicted octanol–water partition coefficient (Wildman–Crippen LogP) is 5.13. The maximum Gasteiger partial charge on any atom is 0.407 e. The highest BCUT2D eigenvalue weighted by molar-refractivity contribution is 5.79. The fourth-order valence-electron chi connectivity index (χ4n) is 4.55. The number of carbonyl (C=O) groups excluding carboxylic acids is 3. The van der Waals surface area contributed by atoms with E-state index in [4.69, 9.17) is 14.2 Å². The van der Waals surface area contributed by atoms with Gasteiger partial charge in [0.05, 0.1) is 0 Å². The highest BCUT2D eigenvalue weighted by Gasteiger charge is 2.29. The molecule has 0 fully saturated rings. The second-order valence-electron chi connectivity index (χ2n) is 11.9. The van der Waals surface area contributed by atoms with E-state index in [1.807, 2.05) is 45.0 Å². The van der Waals surface area contributed by atoms with Crippen LogP contribution < -0.4 is 16.0 Å². The first kappa shape index (κ1) is 30.9. The number of amides is 2. The lowest BCUT2D eigenvalue weighted by atomic mass is 9.98. The maximum atomic E-state index is 12.7. The Kier molecular flexibility index (Phi) is 10.6. The van der Waals surface area contributed by atoms with Gasteiger partial charge in [0.25, 0.3) is 0 Å². The van der Waals surface area contributed by atoms with E-state index in [2.05, 4.69) is 40.2 Å². The summed E-state index contributed by atoms with van der Waals surface area (Å²) < 4.78 is 16.4. The number of nitrogens with one attached hydrogen (secondary N) is 3. The third-order valence-electron chi connectivity index (χ3n) is 6.16. The minimum Gasteiger partial charge on any atom is -0.459 e. The molecule has 40 heavy (non-hydrogen) atoms. The molecule has 3 N–H and O–H groups in total. The normalized spacial score (nSPS) is 13.6. The zero-order chi connectivity index (χ0) is 29.3. The molecule has 218 valence electrons. The van der Waals surface area contributed by atoms with Gasteiger partial charge in [-0.3, -0.25) is 4.79 Å². The number of benzene rings is 2. The van der Waals surface area contributed by atoms with Crippen molar-refractivity contribution in [3.8, 4) is 11.1 Å². The van der Waals surface area contributed by atoms with E-state index >= 15 is 0 Å². The molecule has 9 heteroatoms. The van der Waals surface area contributed by atoms with Crippen LogP contribution >= 0.6 is 0 Å². The van der Waals surface area contributed by atoms with Gasteiger partial charge in [0.15, 0.2) is 0 Å². The van der Waals surface area contributed by atoms with Gasteiger partial charge in [0.1, 0.15) is 23.9 Å². The van der Waals surface area contributed by atoms with Gasteiger partial charge in [-0.2, -0.15) is 0 Å². The van der Waals surface area contributed by atoms with E-state index in [0.717, 1.165) is 11.1 Å². The van der Waals surface area contributed by atoms with E-state index in [0.29, 0.717) is 25.9 Å². The van der Waals surface area contributed by atoms with Crippen molar-refractivity contribution in [2.75, 3.05) is 26.2 Å². The summed E-state index contributed by atoms with van der Waals surface area (Å²) in [5, 5.41) is 8.61. The standard InChI is InChI=1S/C31H43N3O6/c1-30(2,3)39-27(35)26(16-11-17-33-29(37)40-31(4,5)6)32-18-19-34-28(36)38-20-25-23-14-9-7-12-21(23)22-13-8-10-15-24(22)25/h7-10,12-15,25-26,32H,11,16-20H2,1-6H3,(H,33,37)(H,34,36)/t26-/m0/s1. The van der Waals surface area contributed by atoms with Crippen molar-refractivity contribution in [2.24, 2.45) is 0 Å². The van der Waals surface area contributed by atoms with Gasteiger partial charge in [-0.05, 0) is 76.6 Å². The number of hydrogen-bond acceptors (Lipinski definition) is 7. The lowest BCUT2D eigenvalue weighted by Gasteiger charge is -2.25. The average molecular weight is 554 g/mol. The highest BCUT2D eigenvalue weighted by Crippen LogP contribution is 2.44. The molecule has 1 aliphatic rings. The average Bonchev–Trinajstić information content (AvgIpc) is 3.18. The Morgan fingerprint density at radius 1 is 0.750 bits per heavy atom. The van der Waals surface area contributed by atoms with Crippen molar-refractivity contribution in [3.05, 3.63) is 59.7 Å². The Labute approximate surface area is 237 Å². The van der Waals surface area contributed by atoms with Crippen molar-refractivity contribution < 1.29 is 28.6 Å². The monoisotopic (exact) mass is 553 g/mol. The van der Waals surface area contributed by atoms with E-state index in [-0.39, 0.29) is 25.0 Å². The molecule has 0 saturated heterocycles. The van der Waals surface area contributed by atoms with E-state index in [1.54, 1.807) is 20.8 Å². The zero-order valence-electron chi connectivity index (χ0n) is 24.5. The largest absolute Gasteiger partial charge is 0.459 e. The molecule has 3 rings (SSSR count). The first-order chi connectivity index (χ1) is 18.8. The lowest BCUT2D eigenvalue weighted by molar-refractivity contribution is -0.157. The van der Waals surface area contributed by atoms with Gasteiger partial charge in [-0.15, -0.1) is 0 Å². The molecule has 1 aliphatic carbocycles. The van der Waals surface area contributed by atoms with Crippen molar-refractivity contribution in [1.29, 1.82) is 0 Å². The Morgan fingerprint density at radius 3 is 1.88 bits per heavy atom. The Hall–Kier alpha value is -3.59. The third kappa shape index (κ3) is 9.55. The van der Waals surface area contributed by atoms with E-state index in [1.165, 1.54) is 11.1 Å². The van der Waals surface area contributed by atoms with Crippen molar-refractivity contribution in [3.63, 3.8) is 0 Å². The third-order valence-corrected chi connectivity index (χ3v) is 6.16. The van der Waals surface area contributed by atoms with Crippen LogP contribution in [0, 0.1) is 0 Å². The fourth-order valence-corrected chi connectivity index (χ4v) is 4.55. The van der Waals surface area contributed by atoms with Crippen LogP contribution in [0.3, 0.4) is 0 Å². The number of alkyl carbamates (subject to hydrolysis) is 2. The lowest BCUT2D eigenvalue weighted by Crippen LogP contribution is -2.44. The molecule has 0 radical (unpaired) electrons. The molecule has 1 atom stereocenters. The first-order valence-corrected chi connectivity index (χ1v) is 13.9. The summed E-state index contributed by atoms with van der Waals surface area (Å²) >= 11 is 0. The molecule has 9 nitrogen and oxygen atoms in total. The zero-order valence-corrected chi connectivity index (χ0v) is 24.5. The Morgan fingerprint density at radius 2 is 1.30 bits per heavy atom. The van der Waals surface area contributed by atoms with E-state index < -0.39 is 29.4 Å². The molecular formula is C31H43N3O6. The molecule has 0 unspecified atom stereocenters. The van der Waals surface area contributed by atoms with Crippen molar-refractivity contribution in [2.45, 2.75) is 77.5 Å². The first-order valence-electron chi connectivity index (χ1n) is 13.9. The number of esters is 1. The summed E-state index contributed by atoms with van der Waals surface area (Å²) in [5.74, 6) is -0.395. The van der Waals surface area contributed by atoms with Gasteiger partial charge >= 0.3 is 18.2 Å². The summed E-state index contributed by atoms with van der Waals surface area (Å²) in [5.41, 5.74) is 3.44. The van der Waals surface area contributed by atoms with Crippen LogP contribution in [0.25, 0.3) is 11.1 Å². The molecule has 0 bridgehead atoms. The van der Waals surface area contributed by atoms with Crippen LogP contribution in [-0.4, -0.2) is 61.6 Å². The number of ether oxygens (including phenoxy) is 3. The molecule has 0 saturated carbocycles. The van der Waals surface area contributed by atoms with Crippen molar-refractivity contribution >= 4 is 18.2 Å². The van der Waals surface area contributed by atoms with Crippen LogP contribution in [0.15, 0.2) is 48.5 Å². The number of carbonyl (C=O) groups is 3. The van der Waals surface area contributed by atoms with Crippen LogP contribution in [0.2, 0.25) is 0 Å².